The Hall–Kier alpha value is -2.95. The van der Waals surface area contributed by atoms with Gasteiger partial charge in [-0.1, -0.05) is 118 Å². The Balaban J connectivity index is 1.17. The summed E-state index contributed by atoms with van der Waals surface area (Å²) >= 11 is 0. The molecule has 44 heavy (non-hydrogen) atoms. The van der Waals surface area contributed by atoms with Crippen LogP contribution in [-0.4, -0.2) is 31.9 Å². The lowest BCUT2D eigenvalue weighted by molar-refractivity contribution is -0.145. The standard InChI is InChI=1S/C40H48O4/c1-27-22-23-33-35-36(44-35)38(2)26-28(37(41)42-4)25-34(38)39(33,3)32(27)21-14-24-43-40(29-15-8-5-9-16-29,30-17-10-6-11-18-30)31-19-12-7-13-20-31/h5-13,15-20,27-28,32-36H,14,21-26H2,1-4H3/t27-,28-,32+,33+,34+,35+,36+,38-,39-/m0/s1. The first kappa shape index (κ1) is 29.7. The molecule has 3 aromatic rings. The smallest absolute Gasteiger partial charge is 0.308 e. The van der Waals surface area contributed by atoms with Crippen molar-refractivity contribution >= 4 is 5.97 Å². The van der Waals surface area contributed by atoms with Crippen LogP contribution in [0.5, 0.6) is 0 Å². The van der Waals surface area contributed by atoms with E-state index in [1.807, 2.05) is 0 Å². The summed E-state index contributed by atoms with van der Waals surface area (Å²) in [6, 6.07) is 32.1. The van der Waals surface area contributed by atoms with E-state index in [0.717, 1.165) is 42.4 Å². The largest absolute Gasteiger partial charge is 0.469 e. The van der Waals surface area contributed by atoms with E-state index in [2.05, 4.69) is 112 Å². The monoisotopic (exact) mass is 592 g/mol. The molecule has 4 heteroatoms. The lowest BCUT2D eigenvalue weighted by atomic mass is 9.44. The Bertz CT molecular complexity index is 1340. The van der Waals surface area contributed by atoms with Gasteiger partial charge in [-0.05, 0) is 77.9 Å². The molecule has 4 fully saturated rings. The number of carbonyl (C=O) groups excluding carboxylic acids is 1. The first-order valence-corrected chi connectivity index (χ1v) is 16.9. The van der Waals surface area contributed by atoms with Gasteiger partial charge in [0.15, 0.2) is 0 Å². The average molecular weight is 593 g/mol. The summed E-state index contributed by atoms with van der Waals surface area (Å²) in [5, 5.41) is 0. The van der Waals surface area contributed by atoms with Crippen LogP contribution in [0.3, 0.4) is 0 Å². The molecule has 232 valence electrons. The summed E-state index contributed by atoms with van der Waals surface area (Å²) in [5.41, 5.74) is 2.94. The lowest BCUT2D eigenvalue weighted by Gasteiger charge is -2.59. The number of rotatable bonds is 9. The number of epoxide rings is 1. The van der Waals surface area contributed by atoms with Crippen LogP contribution in [0.15, 0.2) is 91.0 Å². The maximum absolute atomic E-state index is 12.8. The van der Waals surface area contributed by atoms with Gasteiger partial charge >= 0.3 is 5.97 Å². The molecule has 3 saturated carbocycles. The third kappa shape index (κ3) is 4.58. The second-order valence-electron chi connectivity index (χ2n) is 14.6. The van der Waals surface area contributed by atoms with E-state index in [4.69, 9.17) is 14.2 Å². The third-order valence-corrected chi connectivity index (χ3v) is 12.6. The molecule has 1 saturated heterocycles. The summed E-state index contributed by atoms with van der Waals surface area (Å²) in [6.07, 6.45) is 7.09. The second kappa shape index (κ2) is 11.4. The van der Waals surface area contributed by atoms with E-state index in [0.29, 0.717) is 42.5 Å². The highest BCUT2D eigenvalue weighted by molar-refractivity contribution is 5.73. The number of benzene rings is 3. The molecule has 9 atom stereocenters. The second-order valence-corrected chi connectivity index (χ2v) is 14.6. The number of hydrogen-bond acceptors (Lipinski definition) is 4. The van der Waals surface area contributed by atoms with E-state index >= 15 is 0 Å². The zero-order valence-corrected chi connectivity index (χ0v) is 26.8. The van der Waals surface area contributed by atoms with E-state index < -0.39 is 5.60 Å². The lowest BCUT2D eigenvalue weighted by Crippen LogP contribution is -2.57. The highest BCUT2D eigenvalue weighted by atomic mass is 16.6. The molecular formula is C40H48O4. The Morgan fingerprint density at radius 1 is 0.886 bits per heavy atom. The number of ether oxygens (including phenoxy) is 3. The van der Waals surface area contributed by atoms with Crippen LogP contribution >= 0.6 is 0 Å². The van der Waals surface area contributed by atoms with Crippen molar-refractivity contribution in [2.75, 3.05) is 13.7 Å². The van der Waals surface area contributed by atoms with Gasteiger partial charge in [0, 0.05) is 12.0 Å². The Morgan fingerprint density at radius 2 is 1.45 bits per heavy atom. The Morgan fingerprint density at radius 3 is 2.00 bits per heavy atom. The number of fused-ring (bicyclic) bond motifs is 6. The number of carbonyl (C=O) groups is 1. The first-order chi connectivity index (χ1) is 21.3. The molecule has 0 bridgehead atoms. The molecular weight excluding hydrogens is 544 g/mol. The molecule has 0 amide bonds. The fourth-order valence-electron chi connectivity index (χ4n) is 10.7. The minimum atomic E-state index is -0.688. The topological polar surface area (TPSA) is 48.1 Å². The number of esters is 1. The molecule has 1 aliphatic heterocycles. The normalized spacial score (nSPS) is 35.7. The molecule has 4 aliphatic rings. The van der Waals surface area contributed by atoms with E-state index in [1.54, 1.807) is 7.11 Å². The van der Waals surface area contributed by atoms with E-state index in [9.17, 15) is 4.79 Å². The highest BCUT2D eigenvalue weighted by Crippen LogP contribution is 2.73. The molecule has 0 spiro atoms. The maximum Gasteiger partial charge on any atom is 0.308 e. The molecule has 1 heterocycles. The van der Waals surface area contributed by atoms with Crippen LogP contribution in [0, 0.1) is 40.4 Å². The third-order valence-electron chi connectivity index (χ3n) is 12.6. The fraction of sp³-hybridized carbons (Fsp3) is 0.525. The first-order valence-electron chi connectivity index (χ1n) is 16.9. The zero-order valence-electron chi connectivity index (χ0n) is 26.8. The maximum atomic E-state index is 12.8. The quantitative estimate of drug-likeness (QED) is 0.108. The van der Waals surface area contributed by atoms with Crippen LogP contribution in [-0.2, 0) is 24.6 Å². The van der Waals surface area contributed by atoms with Crippen molar-refractivity contribution in [1.29, 1.82) is 0 Å². The van der Waals surface area contributed by atoms with Gasteiger partial charge in [0.05, 0.1) is 25.2 Å². The van der Waals surface area contributed by atoms with Crippen molar-refractivity contribution < 1.29 is 19.0 Å². The molecule has 3 aromatic carbocycles. The minimum Gasteiger partial charge on any atom is -0.469 e. The fourth-order valence-corrected chi connectivity index (χ4v) is 10.7. The van der Waals surface area contributed by atoms with Gasteiger partial charge in [-0.2, -0.15) is 0 Å². The molecule has 0 radical (unpaired) electrons. The highest BCUT2D eigenvalue weighted by Gasteiger charge is 2.74. The molecule has 0 N–H and O–H groups in total. The van der Waals surface area contributed by atoms with Gasteiger partial charge in [0.2, 0.25) is 0 Å². The van der Waals surface area contributed by atoms with Crippen LogP contribution in [0.25, 0.3) is 0 Å². The van der Waals surface area contributed by atoms with Gasteiger partial charge in [0.25, 0.3) is 0 Å². The van der Waals surface area contributed by atoms with Crippen molar-refractivity contribution in [3.05, 3.63) is 108 Å². The average Bonchev–Trinajstić information content (AvgIpc) is 3.78. The SMILES string of the molecule is COC(=O)[C@H]1C[C@@H]2[C@](C)(C1)[C@@H]1O[C@@H]1[C@H]1CC[C@H](C)[C@@H](CCCOC(c3ccccc3)(c3ccccc3)c3ccccc3)[C@@]12C. The molecule has 7 rings (SSSR count). The zero-order chi connectivity index (χ0) is 30.5. The Labute approximate surface area is 263 Å². The van der Waals surface area contributed by atoms with Crippen molar-refractivity contribution in [3.63, 3.8) is 0 Å². The van der Waals surface area contributed by atoms with Crippen LogP contribution in [0.1, 0.15) is 76.0 Å². The van der Waals surface area contributed by atoms with Gasteiger partial charge in [-0.25, -0.2) is 0 Å². The predicted octanol–water partition coefficient (Wildman–Crippen LogP) is 8.43. The van der Waals surface area contributed by atoms with Gasteiger partial charge < -0.3 is 14.2 Å². The number of methoxy groups -OCH3 is 1. The van der Waals surface area contributed by atoms with E-state index in [1.165, 1.54) is 12.8 Å². The Kier molecular flexibility index (Phi) is 7.74. The molecule has 4 nitrogen and oxygen atoms in total. The van der Waals surface area contributed by atoms with Crippen molar-refractivity contribution in [1.82, 2.24) is 0 Å². The van der Waals surface area contributed by atoms with Crippen molar-refractivity contribution in [2.24, 2.45) is 40.4 Å². The van der Waals surface area contributed by atoms with Gasteiger partial charge in [-0.3, -0.25) is 4.79 Å². The van der Waals surface area contributed by atoms with Crippen molar-refractivity contribution in [3.8, 4) is 0 Å². The summed E-state index contributed by atoms with van der Waals surface area (Å²) in [7, 11) is 1.54. The van der Waals surface area contributed by atoms with Crippen LogP contribution in [0.4, 0.5) is 0 Å². The minimum absolute atomic E-state index is 0.0140. The van der Waals surface area contributed by atoms with Gasteiger partial charge in [0.1, 0.15) is 5.60 Å². The summed E-state index contributed by atoms with van der Waals surface area (Å²) < 4.78 is 19.0. The summed E-state index contributed by atoms with van der Waals surface area (Å²) in [6.45, 7) is 8.12. The predicted molar refractivity (Wildman–Crippen MR) is 173 cm³/mol. The van der Waals surface area contributed by atoms with Gasteiger partial charge in [-0.15, -0.1) is 0 Å². The molecule has 0 aromatic heterocycles. The number of hydrogen-bond donors (Lipinski definition) is 0. The molecule has 0 unspecified atom stereocenters. The summed E-state index contributed by atoms with van der Waals surface area (Å²) in [5.74, 6) is 2.19. The molecule has 3 aliphatic carbocycles. The van der Waals surface area contributed by atoms with Crippen LogP contribution < -0.4 is 0 Å². The van der Waals surface area contributed by atoms with Crippen LogP contribution in [0.2, 0.25) is 0 Å². The summed E-state index contributed by atoms with van der Waals surface area (Å²) in [4.78, 5) is 12.8. The van der Waals surface area contributed by atoms with Crippen molar-refractivity contribution in [2.45, 2.75) is 77.1 Å². The van der Waals surface area contributed by atoms with E-state index in [-0.39, 0.29) is 22.7 Å².